The van der Waals surface area contributed by atoms with E-state index in [2.05, 4.69) is 31.3 Å². The minimum Gasteiger partial charge on any atom is -0.497 e. The molecule has 1 saturated heterocycles. The molecule has 0 bridgehead atoms. The van der Waals surface area contributed by atoms with Crippen LogP contribution in [-0.4, -0.2) is 30.4 Å². The van der Waals surface area contributed by atoms with Gasteiger partial charge in [0.1, 0.15) is 5.75 Å². The van der Waals surface area contributed by atoms with Gasteiger partial charge in [0.15, 0.2) is 0 Å². The maximum atomic E-state index is 11.4. The molecule has 3 atom stereocenters. The molecule has 1 aromatic rings. The smallest absolute Gasteiger partial charge is 0.118 e. The predicted octanol–water partition coefficient (Wildman–Crippen LogP) is 3.47. The third kappa shape index (κ3) is 3.41. The second kappa shape index (κ2) is 7.28. The fourth-order valence-electron chi connectivity index (χ4n) is 3.73. The van der Waals surface area contributed by atoms with Gasteiger partial charge in [-0.3, -0.25) is 0 Å². The van der Waals surface area contributed by atoms with Gasteiger partial charge < -0.3 is 15.2 Å². The van der Waals surface area contributed by atoms with E-state index < -0.39 is 5.60 Å². The molecule has 1 aromatic carbocycles. The van der Waals surface area contributed by atoms with Gasteiger partial charge in [-0.1, -0.05) is 32.4 Å². The molecule has 2 rings (SSSR count). The first-order chi connectivity index (χ1) is 10.2. The average Bonchev–Trinajstić information content (AvgIpc) is 2.56. The van der Waals surface area contributed by atoms with Crippen molar-refractivity contribution in [2.24, 2.45) is 0 Å². The maximum absolute atomic E-state index is 11.4. The Morgan fingerprint density at radius 1 is 1.29 bits per heavy atom. The summed E-state index contributed by atoms with van der Waals surface area (Å²) in [6.07, 6.45) is 5.20. The first-order valence-corrected chi connectivity index (χ1v) is 8.25. The number of hydrogen-bond donors (Lipinski definition) is 2. The zero-order chi connectivity index (χ0) is 15.3. The molecule has 0 aliphatic carbocycles. The molecule has 0 saturated carbocycles. The summed E-state index contributed by atoms with van der Waals surface area (Å²) < 4.78 is 5.24. The number of ether oxygens (including phenoxy) is 1. The highest BCUT2D eigenvalue weighted by Crippen LogP contribution is 2.39. The summed E-state index contributed by atoms with van der Waals surface area (Å²) in [5, 5.41) is 14.9. The number of aliphatic hydroxyl groups is 1. The van der Waals surface area contributed by atoms with Gasteiger partial charge in [-0.25, -0.2) is 0 Å². The van der Waals surface area contributed by atoms with Crippen molar-refractivity contribution in [1.29, 1.82) is 0 Å². The molecule has 1 aliphatic rings. The monoisotopic (exact) mass is 291 g/mol. The van der Waals surface area contributed by atoms with Gasteiger partial charge in [0.25, 0.3) is 0 Å². The first-order valence-electron chi connectivity index (χ1n) is 8.25. The van der Waals surface area contributed by atoms with E-state index in [1.807, 2.05) is 12.1 Å². The highest BCUT2D eigenvalue weighted by Gasteiger charge is 2.42. The van der Waals surface area contributed by atoms with E-state index in [0.717, 1.165) is 31.6 Å². The number of nitrogens with one attached hydrogen (secondary N) is 1. The average molecular weight is 291 g/mol. The summed E-state index contributed by atoms with van der Waals surface area (Å²) in [7, 11) is 1.68. The van der Waals surface area contributed by atoms with E-state index in [1.165, 1.54) is 18.4 Å². The molecule has 0 aromatic heterocycles. The summed E-state index contributed by atoms with van der Waals surface area (Å²) in [6.45, 7) is 5.28. The molecule has 1 fully saturated rings. The van der Waals surface area contributed by atoms with E-state index >= 15 is 0 Å². The Balaban J connectivity index is 2.26. The SMILES string of the molecule is CC[C@H](c1ccc(OC)cc1)[C@](O)(CC)[C@H]1CCCCN1. The van der Waals surface area contributed by atoms with Crippen molar-refractivity contribution in [3.8, 4) is 5.75 Å². The summed E-state index contributed by atoms with van der Waals surface area (Å²) in [5.74, 6) is 1.02. The summed E-state index contributed by atoms with van der Waals surface area (Å²) in [5.41, 5.74) is 0.527. The van der Waals surface area contributed by atoms with Crippen LogP contribution in [0.2, 0.25) is 0 Å². The number of methoxy groups -OCH3 is 1. The molecule has 2 N–H and O–H groups in total. The van der Waals surface area contributed by atoms with Crippen molar-refractivity contribution in [1.82, 2.24) is 5.32 Å². The minimum atomic E-state index is -0.677. The van der Waals surface area contributed by atoms with Gasteiger partial charge in [-0.05, 0) is 49.9 Å². The summed E-state index contributed by atoms with van der Waals surface area (Å²) in [4.78, 5) is 0. The largest absolute Gasteiger partial charge is 0.497 e. The lowest BCUT2D eigenvalue weighted by atomic mass is 9.72. The zero-order valence-corrected chi connectivity index (χ0v) is 13.6. The lowest BCUT2D eigenvalue weighted by Crippen LogP contribution is -2.55. The van der Waals surface area contributed by atoms with E-state index in [1.54, 1.807) is 7.11 Å². The number of rotatable bonds is 6. The lowest BCUT2D eigenvalue weighted by Gasteiger charge is -2.44. The predicted molar refractivity (Wildman–Crippen MR) is 86.9 cm³/mol. The molecule has 3 nitrogen and oxygen atoms in total. The third-order valence-corrected chi connectivity index (χ3v) is 5.01. The van der Waals surface area contributed by atoms with Crippen molar-refractivity contribution in [2.75, 3.05) is 13.7 Å². The van der Waals surface area contributed by atoms with Gasteiger partial charge in [0.05, 0.1) is 12.7 Å². The Labute approximate surface area is 128 Å². The normalized spacial score (nSPS) is 23.3. The van der Waals surface area contributed by atoms with Crippen LogP contribution in [0.25, 0.3) is 0 Å². The van der Waals surface area contributed by atoms with E-state index in [4.69, 9.17) is 4.74 Å². The molecule has 118 valence electrons. The Hall–Kier alpha value is -1.06. The summed E-state index contributed by atoms with van der Waals surface area (Å²) >= 11 is 0. The molecular weight excluding hydrogens is 262 g/mol. The van der Waals surface area contributed by atoms with Crippen LogP contribution in [0.5, 0.6) is 5.75 Å². The number of piperidine rings is 1. The van der Waals surface area contributed by atoms with Gasteiger partial charge in [0.2, 0.25) is 0 Å². The summed E-state index contributed by atoms with van der Waals surface area (Å²) in [6, 6.07) is 8.36. The first kappa shape index (κ1) is 16.3. The van der Waals surface area contributed by atoms with Crippen LogP contribution >= 0.6 is 0 Å². The second-order valence-electron chi connectivity index (χ2n) is 6.08. The molecule has 0 unspecified atom stereocenters. The molecule has 0 spiro atoms. The molecule has 1 heterocycles. The van der Waals surface area contributed by atoms with Crippen molar-refractivity contribution < 1.29 is 9.84 Å². The zero-order valence-electron chi connectivity index (χ0n) is 13.6. The Morgan fingerprint density at radius 3 is 2.48 bits per heavy atom. The van der Waals surface area contributed by atoms with Gasteiger partial charge >= 0.3 is 0 Å². The number of benzene rings is 1. The molecule has 1 aliphatic heterocycles. The Morgan fingerprint density at radius 2 is 2.00 bits per heavy atom. The van der Waals surface area contributed by atoms with Crippen LogP contribution in [0.4, 0.5) is 0 Å². The number of hydrogen-bond acceptors (Lipinski definition) is 3. The minimum absolute atomic E-state index is 0.156. The van der Waals surface area contributed by atoms with Crippen molar-refractivity contribution in [3.05, 3.63) is 29.8 Å². The van der Waals surface area contributed by atoms with Gasteiger partial charge in [-0.2, -0.15) is 0 Å². The van der Waals surface area contributed by atoms with Crippen LogP contribution in [0.15, 0.2) is 24.3 Å². The van der Waals surface area contributed by atoms with Crippen molar-refractivity contribution in [3.63, 3.8) is 0 Å². The Kier molecular flexibility index (Phi) is 5.65. The molecular formula is C18H29NO2. The van der Waals surface area contributed by atoms with E-state index in [9.17, 15) is 5.11 Å². The van der Waals surface area contributed by atoms with E-state index in [-0.39, 0.29) is 12.0 Å². The fourth-order valence-corrected chi connectivity index (χ4v) is 3.73. The lowest BCUT2D eigenvalue weighted by molar-refractivity contribution is -0.0363. The van der Waals surface area contributed by atoms with Gasteiger partial charge in [0, 0.05) is 12.0 Å². The highest BCUT2D eigenvalue weighted by atomic mass is 16.5. The van der Waals surface area contributed by atoms with Crippen LogP contribution < -0.4 is 10.1 Å². The molecule has 0 radical (unpaired) electrons. The van der Waals surface area contributed by atoms with Crippen LogP contribution in [-0.2, 0) is 0 Å². The second-order valence-corrected chi connectivity index (χ2v) is 6.08. The third-order valence-electron chi connectivity index (χ3n) is 5.01. The van der Waals surface area contributed by atoms with Crippen molar-refractivity contribution >= 4 is 0 Å². The molecule has 0 amide bonds. The Bertz CT molecular complexity index is 425. The molecule has 3 heteroatoms. The van der Waals surface area contributed by atoms with E-state index in [0.29, 0.717) is 0 Å². The maximum Gasteiger partial charge on any atom is 0.118 e. The van der Waals surface area contributed by atoms with Crippen LogP contribution in [0.3, 0.4) is 0 Å². The fraction of sp³-hybridized carbons (Fsp3) is 0.667. The van der Waals surface area contributed by atoms with Crippen LogP contribution in [0, 0.1) is 0 Å². The van der Waals surface area contributed by atoms with Crippen LogP contribution in [0.1, 0.15) is 57.4 Å². The topological polar surface area (TPSA) is 41.5 Å². The van der Waals surface area contributed by atoms with Crippen molar-refractivity contribution in [2.45, 2.75) is 63.5 Å². The highest BCUT2D eigenvalue weighted by molar-refractivity contribution is 5.31. The standard InChI is InChI=1S/C18H29NO2/c1-4-16(14-9-11-15(21-3)12-10-14)18(20,5-2)17-8-6-7-13-19-17/h9-12,16-17,19-20H,4-8,13H2,1-3H3/t16-,17-,18-/m1/s1. The quantitative estimate of drug-likeness (QED) is 0.843. The molecule has 21 heavy (non-hydrogen) atoms. The van der Waals surface area contributed by atoms with Gasteiger partial charge in [-0.15, -0.1) is 0 Å².